The number of hydrogen-bond acceptors (Lipinski definition) is 2. The first-order chi connectivity index (χ1) is 19.8. The molecule has 0 atom stereocenters. The van der Waals surface area contributed by atoms with Crippen LogP contribution in [0.25, 0.3) is 66.9 Å². The van der Waals surface area contributed by atoms with Crippen molar-refractivity contribution < 1.29 is 4.42 Å². The highest BCUT2D eigenvalue weighted by molar-refractivity contribution is 6.02. The van der Waals surface area contributed by atoms with Gasteiger partial charge >= 0.3 is 0 Å². The lowest BCUT2D eigenvalue weighted by Gasteiger charge is -2.15. The monoisotopic (exact) mass is 513 g/mol. The van der Waals surface area contributed by atoms with E-state index in [4.69, 9.17) is 4.42 Å². The molecule has 0 saturated heterocycles. The largest absolute Gasteiger partial charge is 0.455 e. The van der Waals surface area contributed by atoms with Crippen molar-refractivity contribution in [3.05, 3.63) is 151 Å². The number of nitrogens with zero attached hydrogens (tertiary/aromatic N) is 1. The molecule has 0 unspecified atom stereocenters. The molecule has 0 aliphatic carbocycles. The van der Waals surface area contributed by atoms with Crippen LogP contribution in [0.2, 0.25) is 0 Å². The highest BCUT2D eigenvalue weighted by Crippen LogP contribution is 2.43. The highest BCUT2D eigenvalue weighted by atomic mass is 16.3. The SMILES string of the molecule is Cc1c(-c2ccccc2)oc2c(-c3ccccc3)cc(-c3cc(-c4ccccn4)ccc3-c3ccccc3)cc12. The van der Waals surface area contributed by atoms with E-state index in [1.165, 1.54) is 11.1 Å². The molecule has 2 heteroatoms. The molecular weight excluding hydrogens is 486 g/mol. The number of pyridine rings is 1. The van der Waals surface area contributed by atoms with E-state index in [0.717, 1.165) is 61.4 Å². The van der Waals surface area contributed by atoms with Gasteiger partial charge in [-0.3, -0.25) is 4.98 Å². The number of aromatic nitrogens is 1. The second-order valence-electron chi connectivity index (χ2n) is 10.0. The summed E-state index contributed by atoms with van der Waals surface area (Å²) in [5, 5.41) is 1.12. The Bertz CT molecular complexity index is 1920. The van der Waals surface area contributed by atoms with E-state index in [9.17, 15) is 0 Å². The zero-order chi connectivity index (χ0) is 26.9. The minimum absolute atomic E-state index is 0.911. The second-order valence-corrected chi connectivity index (χ2v) is 10.0. The van der Waals surface area contributed by atoms with Crippen LogP contribution in [-0.2, 0) is 0 Å². The molecular formula is C38H27NO. The van der Waals surface area contributed by atoms with Gasteiger partial charge < -0.3 is 4.42 Å². The van der Waals surface area contributed by atoms with Crippen molar-refractivity contribution in [3.8, 4) is 56.0 Å². The summed E-state index contributed by atoms with van der Waals surface area (Å²) < 4.78 is 6.66. The Morgan fingerprint density at radius 3 is 1.73 bits per heavy atom. The van der Waals surface area contributed by atoms with Crippen LogP contribution < -0.4 is 0 Å². The Morgan fingerprint density at radius 1 is 0.475 bits per heavy atom. The van der Waals surface area contributed by atoms with Crippen molar-refractivity contribution in [1.29, 1.82) is 0 Å². The molecule has 7 rings (SSSR count). The van der Waals surface area contributed by atoms with Gasteiger partial charge in [0, 0.05) is 33.8 Å². The summed E-state index contributed by atoms with van der Waals surface area (Å²) in [6.45, 7) is 2.16. The smallest absolute Gasteiger partial charge is 0.142 e. The number of rotatable bonds is 5. The third kappa shape index (κ3) is 4.30. The van der Waals surface area contributed by atoms with Crippen molar-refractivity contribution in [3.63, 3.8) is 0 Å². The molecule has 190 valence electrons. The minimum atomic E-state index is 0.911. The molecule has 0 aliphatic heterocycles. The summed E-state index contributed by atoms with van der Waals surface area (Å²) in [5.74, 6) is 0.912. The number of aryl methyl sites for hydroxylation is 1. The maximum absolute atomic E-state index is 6.66. The lowest BCUT2D eigenvalue weighted by atomic mass is 9.89. The fourth-order valence-corrected chi connectivity index (χ4v) is 5.52. The number of hydrogen-bond donors (Lipinski definition) is 0. The van der Waals surface area contributed by atoms with Gasteiger partial charge in [0.25, 0.3) is 0 Å². The Hall–Kier alpha value is -5.21. The van der Waals surface area contributed by atoms with Crippen LogP contribution >= 0.6 is 0 Å². The van der Waals surface area contributed by atoms with Crippen LogP contribution in [-0.4, -0.2) is 4.98 Å². The average Bonchev–Trinajstić information content (AvgIpc) is 3.38. The topological polar surface area (TPSA) is 26.0 Å². The van der Waals surface area contributed by atoms with E-state index in [2.05, 4.69) is 133 Å². The number of fused-ring (bicyclic) bond motifs is 1. The van der Waals surface area contributed by atoms with Crippen molar-refractivity contribution >= 4 is 11.0 Å². The van der Waals surface area contributed by atoms with Gasteiger partial charge in [-0.25, -0.2) is 0 Å². The van der Waals surface area contributed by atoms with Crippen molar-refractivity contribution in [2.75, 3.05) is 0 Å². The fourth-order valence-electron chi connectivity index (χ4n) is 5.52. The molecule has 0 saturated carbocycles. The van der Waals surface area contributed by atoms with Crippen LogP contribution in [0.5, 0.6) is 0 Å². The first-order valence-corrected chi connectivity index (χ1v) is 13.6. The van der Waals surface area contributed by atoms with Gasteiger partial charge in [-0.15, -0.1) is 0 Å². The molecule has 7 aromatic rings. The van der Waals surface area contributed by atoms with E-state index in [0.29, 0.717) is 0 Å². The summed E-state index contributed by atoms with van der Waals surface area (Å²) in [5.41, 5.74) is 12.1. The van der Waals surface area contributed by atoms with Crippen LogP contribution in [0.1, 0.15) is 5.56 Å². The van der Waals surface area contributed by atoms with Gasteiger partial charge in [-0.1, -0.05) is 109 Å². The standard InChI is InChI=1S/C38H27NO/c1-26-33-24-31(25-35(28-15-7-3-8-16-28)38(33)40-37(26)29-17-9-4-10-18-29)34-23-30(36-19-11-12-22-39-36)20-21-32(34)27-13-5-2-6-14-27/h2-25H,1H3. The summed E-state index contributed by atoms with van der Waals surface area (Å²) in [7, 11) is 0. The maximum atomic E-state index is 6.66. The first-order valence-electron chi connectivity index (χ1n) is 13.6. The van der Waals surface area contributed by atoms with Crippen molar-refractivity contribution in [2.45, 2.75) is 6.92 Å². The summed E-state index contributed by atoms with van der Waals surface area (Å²) in [6, 6.07) is 48.8. The van der Waals surface area contributed by atoms with Gasteiger partial charge in [0.05, 0.1) is 5.69 Å². The maximum Gasteiger partial charge on any atom is 0.142 e. The molecule has 0 bridgehead atoms. The normalized spacial score (nSPS) is 11.1. The molecule has 0 N–H and O–H groups in total. The predicted octanol–water partition coefficient (Wildman–Crippen LogP) is 10.5. The Kier molecular flexibility index (Phi) is 6.07. The Labute approximate surface area is 234 Å². The van der Waals surface area contributed by atoms with Gasteiger partial charge in [-0.2, -0.15) is 0 Å². The first kappa shape index (κ1) is 23.9. The van der Waals surface area contributed by atoms with Crippen LogP contribution in [0.4, 0.5) is 0 Å². The van der Waals surface area contributed by atoms with Gasteiger partial charge in [0.15, 0.2) is 0 Å². The zero-order valence-corrected chi connectivity index (χ0v) is 22.2. The van der Waals surface area contributed by atoms with E-state index in [1.54, 1.807) is 0 Å². The molecule has 2 aromatic heterocycles. The van der Waals surface area contributed by atoms with E-state index in [1.807, 2.05) is 24.4 Å². The molecule has 2 heterocycles. The molecule has 40 heavy (non-hydrogen) atoms. The average molecular weight is 514 g/mol. The second kappa shape index (κ2) is 10.2. The van der Waals surface area contributed by atoms with Gasteiger partial charge in [-0.05, 0) is 65.1 Å². The summed E-state index contributed by atoms with van der Waals surface area (Å²) >= 11 is 0. The Morgan fingerprint density at radius 2 is 1.07 bits per heavy atom. The van der Waals surface area contributed by atoms with Gasteiger partial charge in [0.2, 0.25) is 0 Å². The van der Waals surface area contributed by atoms with Crippen molar-refractivity contribution in [2.24, 2.45) is 0 Å². The van der Waals surface area contributed by atoms with Crippen LogP contribution in [0.15, 0.2) is 150 Å². The summed E-state index contributed by atoms with van der Waals surface area (Å²) in [4.78, 5) is 4.64. The molecule has 0 amide bonds. The summed E-state index contributed by atoms with van der Waals surface area (Å²) in [6.07, 6.45) is 1.85. The predicted molar refractivity (Wildman–Crippen MR) is 166 cm³/mol. The third-order valence-electron chi connectivity index (χ3n) is 7.53. The molecule has 0 fully saturated rings. The van der Waals surface area contributed by atoms with Crippen LogP contribution in [0.3, 0.4) is 0 Å². The lowest BCUT2D eigenvalue weighted by Crippen LogP contribution is -1.90. The fraction of sp³-hybridized carbons (Fsp3) is 0.0263. The van der Waals surface area contributed by atoms with E-state index < -0.39 is 0 Å². The van der Waals surface area contributed by atoms with E-state index >= 15 is 0 Å². The highest BCUT2D eigenvalue weighted by Gasteiger charge is 2.20. The molecule has 0 radical (unpaired) electrons. The Balaban J connectivity index is 1.53. The molecule has 5 aromatic carbocycles. The van der Waals surface area contributed by atoms with E-state index in [-0.39, 0.29) is 0 Å². The molecule has 0 aliphatic rings. The minimum Gasteiger partial charge on any atom is -0.455 e. The number of furan rings is 1. The molecule has 2 nitrogen and oxygen atoms in total. The number of benzene rings is 5. The third-order valence-corrected chi connectivity index (χ3v) is 7.53. The van der Waals surface area contributed by atoms with Crippen molar-refractivity contribution in [1.82, 2.24) is 4.98 Å². The van der Waals surface area contributed by atoms with Gasteiger partial charge in [0.1, 0.15) is 11.3 Å². The quantitative estimate of drug-likeness (QED) is 0.229. The zero-order valence-electron chi connectivity index (χ0n) is 22.2. The van der Waals surface area contributed by atoms with Crippen LogP contribution in [0, 0.1) is 6.92 Å². The molecule has 0 spiro atoms. The lowest BCUT2D eigenvalue weighted by molar-refractivity contribution is 0.630.